The van der Waals surface area contributed by atoms with E-state index in [9.17, 15) is 4.79 Å². The van der Waals surface area contributed by atoms with Crippen molar-refractivity contribution >= 4 is 23.2 Å². The molecule has 0 atom stereocenters. The first kappa shape index (κ1) is 19.4. The summed E-state index contributed by atoms with van der Waals surface area (Å²) in [4.78, 5) is 30.5. The Hall–Kier alpha value is -4.53. The summed E-state index contributed by atoms with van der Waals surface area (Å²) < 4.78 is 1.71. The number of hydrogen-bond donors (Lipinski definition) is 2. The van der Waals surface area contributed by atoms with E-state index in [4.69, 9.17) is 10.7 Å². The average Bonchev–Trinajstić information content (AvgIpc) is 3.45. The molecule has 9 heteroatoms. The summed E-state index contributed by atoms with van der Waals surface area (Å²) in [5.41, 5.74) is 11.5. The van der Waals surface area contributed by atoms with Gasteiger partial charge in [-0.3, -0.25) is 9.78 Å². The number of nitrogens with zero attached hydrogens (tertiary/aromatic N) is 6. The summed E-state index contributed by atoms with van der Waals surface area (Å²) >= 11 is 0. The number of aryl methyl sites for hydroxylation is 1. The van der Waals surface area contributed by atoms with Gasteiger partial charge in [0.2, 0.25) is 11.9 Å². The van der Waals surface area contributed by atoms with E-state index < -0.39 is 5.91 Å². The smallest absolute Gasteiger partial charge is 0.248 e. The van der Waals surface area contributed by atoms with E-state index in [1.807, 2.05) is 67.5 Å². The second-order valence-corrected chi connectivity index (χ2v) is 7.40. The molecule has 1 aromatic carbocycles. The van der Waals surface area contributed by atoms with Gasteiger partial charge in [-0.1, -0.05) is 6.07 Å². The zero-order chi connectivity index (χ0) is 22.2. The summed E-state index contributed by atoms with van der Waals surface area (Å²) in [6.45, 7) is 1.95. The number of pyridine rings is 2. The van der Waals surface area contributed by atoms with Crippen LogP contribution in [0, 0.1) is 6.92 Å². The molecule has 4 aromatic heterocycles. The first-order valence-corrected chi connectivity index (χ1v) is 9.97. The lowest BCUT2D eigenvalue weighted by Gasteiger charge is -2.16. The molecule has 0 saturated carbocycles. The molecule has 0 unspecified atom stereocenters. The van der Waals surface area contributed by atoms with Gasteiger partial charge < -0.3 is 15.6 Å². The Morgan fingerprint density at radius 1 is 1.06 bits per heavy atom. The highest BCUT2D eigenvalue weighted by atomic mass is 16.1. The Morgan fingerprint density at radius 2 is 1.88 bits per heavy atom. The van der Waals surface area contributed by atoms with Crippen LogP contribution in [-0.2, 0) is 0 Å². The molecule has 0 aliphatic heterocycles. The van der Waals surface area contributed by atoms with Crippen molar-refractivity contribution in [1.29, 1.82) is 0 Å². The lowest BCUT2D eigenvalue weighted by Crippen LogP contribution is -2.13. The predicted octanol–water partition coefficient (Wildman–Crippen LogP) is 3.36. The zero-order valence-corrected chi connectivity index (χ0v) is 17.5. The number of amides is 1. The number of carbonyl (C=O) groups excluding carboxylic acids is 1. The Bertz CT molecular complexity index is 1430. The normalized spacial score (nSPS) is 11.1. The minimum atomic E-state index is -0.462. The molecule has 0 radical (unpaired) electrons. The van der Waals surface area contributed by atoms with Gasteiger partial charge in [0.15, 0.2) is 5.65 Å². The van der Waals surface area contributed by atoms with Gasteiger partial charge in [0.1, 0.15) is 12.0 Å². The van der Waals surface area contributed by atoms with E-state index >= 15 is 0 Å². The van der Waals surface area contributed by atoms with Crippen LogP contribution >= 0.6 is 0 Å². The van der Waals surface area contributed by atoms with Gasteiger partial charge in [-0.2, -0.15) is 5.10 Å². The van der Waals surface area contributed by atoms with Crippen LogP contribution in [0.4, 0.5) is 11.6 Å². The fourth-order valence-electron chi connectivity index (χ4n) is 3.52. The number of nitrogens with one attached hydrogen (secondary N) is 1. The summed E-state index contributed by atoms with van der Waals surface area (Å²) in [7, 11) is 1.90. The van der Waals surface area contributed by atoms with E-state index in [0.717, 1.165) is 39.7 Å². The van der Waals surface area contributed by atoms with Crippen LogP contribution < -0.4 is 10.6 Å². The summed E-state index contributed by atoms with van der Waals surface area (Å²) in [5, 5.41) is 4.24. The van der Waals surface area contributed by atoms with Gasteiger partial charge in [-0.25, -0.2) is 14.5 Å². The van der Waals surface area contributed by atoms with Gasteiger partial charge in [-0.05, 0) is 55.5 Å². The van der Waals surface area contributed by atoms with Crippen molar-refractivity contribution in [1.82, 2.24) is 29.5 Å². The maximum Gasteiger partial charge on any atom is 0.248 e. The van der Waals surface area contributed by atoms with Crippen LogP contribution in [-0.4, -0.2) is 42.5 Å². The highest BCUT2D eigenvalue weighted by molar-refractivity contribution is 5.93. The summed E-state index contributed by atoms with van der Waals surface area (Å²) in [6, 6.07) is 16.8. The molecule has 0 fully saturated rings. The highest BCUT2D eigenvalue weighted by Crippen LogP contribution is 2.33. The van der Waals surface area contributed by atoms with Crippen molar-refractivity contribution in [3.8, 4) is 22.6 Å². The second kappa shape index (κ2) is 7.62. The molecule has 0 saturated heterocycles. The average molecular weight is 424 g/mol. The fraction of sp³-hybridized carbons (Fsp3) is 0.0870. The molecule has 5 aromatic rings. The number of aromatic nitrogens is 6. The minimum Gasteiger partial charge on any atom is -0.366 e. The molecular weight excluding hydrogens is 404 g/mol. The van der Waals surface area contributed by atoms with E-state index in [1.54, 1.807) is 16.6 Å². The highest BCUT2D eigenvalue weighted by Gasteiger charge is 2.19. The van der Waals surface area contributed by atoms with Crippen LogP contribution in [0.3, 0.4) is 0 Å². The quantitative estimate of drug-likeness (QED) is 0.447. The molecule has 0 aliphatic rings. The predicted molar refractivity (Wildman–Crippen MR) is 122 cm³/mol. The summed E-state index contributed by atoms with van der Waals surface area (Å²) in [6.07, 6.45) is 3.41. The van der Waals surface area contributed by atoms with Crippen LogP contribution in [0.1, 0.15) is 16.1 Å². The third kappa shape index (κ3) is 3.45. The van der Waals surface area contributed by atoms with Gasteiger partial charge in [-0.15, -0.1) is 0 Å². The van der Waals surface area contributed by atoms with Crippen molar-refractivity contribution in [2.75, 3.05) is 11.9 Å². The Labute approximate surface area is 183 Å². The SMILES string of the molecule is Cc1cccc(-c2[nH]c(N(C)c3ccc(C(N)=O)cc3)nc2-c2ccc3ncnn3c2)n1. The van der Waals surface area contributed by atoms with E-state index in [2.05, 4.69) is 20.1 Å². The van der Waals surface area contributed by atoms with Crippen LogP contribution in [0.5, 0.6) is 0 Å². The number of primary amides is 1. The van der Waals surface area contributed by atoms with Crippen LogP contribution in [0.25, 0.3) is 28.3 Å². The maximum atomic E-state index is 11.4. The monoisotopic (exact) mass is 424 g/mol. The first-order chi connectivity index (χ1) is 15.5. The molecule has 0 spiro atoms. The van der Waals surface area contributed by atoms with E-state index in [0.29, 0.717) is 11.5 Å². The van der Waals surface area contributed by atoms with Crippen molar-refractivity contribution in [2.24, 2.45) is 5.73 Å². The molecule has 5 rings (SSSR count). The lowest BCUT2D eigenvalue weighted by molar-refractivity contribution is 0.100. The number of fused-ring (bicyclic) bond motifs is 1. The molecule has 158 valence electrons. The molecule has 32 heavy (non-hydrogen) atoms. The number of H-pyrrole nitrogens is 1. The third-order valence-electron chi connectivity index (χ3n) is 5.24. The van der Waals surface area contributed by atoms with Crippen molar-refractivity contribution in [3.63, 3.8) is 0 Å². The summed E-state index contributed by atoms with van der Waals surface area (Å²) in [5.74, 6) is 0.166. The van der Waals surface area contributed by atoms with Crippen molar-refractivity contribution in [3.05, 3.63) is 78.4 Å². The zero-order valence-electron chi connectivity index (χ0n) is 17.5. The van der Waals surface area contributed by atoms with Crippen molar-refractivity contribution in [2.45, 2.75) is 6.92 Å². The number of anilines is 2. The van der Waals surface area contributed by atoms with Gasteiger partial charge in [0, 0.05) is 35.8 Å². The molecule has 9 nitrogen and oxygen atoms in total. The van der Waals surface area contributed by atoms with E-state index in [1.165, 1.54) is 6.33 Å². The van der Waals surface area contributed by atoms with Crippen LogP contribution in [0.15, 0.2) is 67.1 Å². The fourth-order valence-corrected chi connectivity index (χ4v) is 3.52. The topological polar surface area (TPSA) is 118 Å². The third-order valence-corrected chi connectivity index (χ3v) is 5.24. The number of hydrogen-bond acceptors (Lipinski definition) is 6. The molecule has 4 heterocycles. The van der Waals surface area contributed by atoms with Gasteiger partial charge >= 0.3 is 0 Å². The number of rotatable bonds is 5. The standard InChI is InChI=1S/C23H20N8O/c1-14-4-3-5-18(27-14)21-20(16-8-11-19-25-13-26-31(19)12-16)28-23(29-21)30(2)17-9-6-15(7-10-17)22(24)32/h3-13H,1-2H3,(H2,24,32)(H,28,29). The molecule has 1 amide bonds. The molecule has 0 bridgehead atoms. The number of aromatic amines is 1. The molecular formula is C23H20N8O. The largest absolute Gasteiger partial charge is 0.366 e. The van der Waals surface area contributed by atoms with Gasteiger partial charge in [0.25, 0.3) is 0 Å². The Morgan fingerprint density at radius 3 is 2.62 bits per heavy atom. The first-order valence-electron chi connectivity index (χ1n) is 9.97. The lowest BCUT2D eigenvalue weighted by atomic mass is 10.1. The van der Waals surface area contributed by atoms with E-state index in [-0.39, 0.29) is 0 Å². The maximum absolute atomic E-state index is 11.4. The Balaban J connectivity index is 1.62. The molecule has 0 aliphatic carbocycles. The van der Waals surface area contributed by atoms with Crippen LogP contribution in [0.2, 0.25) is 0 Å². The van der Waals surface area contributed by atoms with Gasteiger partial charge in [0.05, 0.1) is 11.4 Å². The Kier molecular flexibility index (Phi) is 4.63. The number of benzene rings is 1. The molecule has 3 N–H and O–H groups in total. The van der Waals surface area contributed by atoms with Crippen molar-refractivity contribution < 1.29 is 4.79 Å². The number of imidazole rings is 1. The number of carbonyl (C=O) groups is 1. The number of nitrogens with two attached hydrogens (primary N) is 1. The minimum absolute atomic E-state index is 0.452. The second-order valence-electron chi connectivity index (χ2n) is 7.40.